The number of hydrazone groups is 1. The van der Waals surface area contributed by atoms with Gasteiger partial charge in [-0.2, -0.15) is 19.0 Å². The summed E-state index contributed by atoms with van der Waals surface area (Å²) in [6.07, 6.45) is 7.34. The number of aliphatic imine (C=N–C) groups is 2. The molecule has 0 spiro atoms. The number of alkyl halides is 2. The van der Waals surface area contributed by atoms with Gasteiger partial charge < -0.3 is 15.8 Å². The largest absolute Gasteiger partial charge is 0.383 e. The van der Waals surface area contributed by atoms with Crippen molar-refractivity contribution in [1.29, 1.82) is 0 Å². The van der Waals surface area contributed by atoms with Crippen molar-refractivity contribution in [2.45, 2.75) is 61.6 Å². The van der Waals surface area contributed by atoms with Crippen LogP contribution in [-0.2, 0) is 10.0 Å². The van der Waals surface area contributed by atoms with E-state index in [9.17, 15) is 26.7 Å². The predicted molar refractivity (Wildman–Crippen MR) is 199 cm³/mol. The first-order valence-corrected chi connectivity index (χ1v) is 20.0. The Morgan fingerprint density at radius 2 is 1.94 bits per heavy atom. The van der Waals surface area contributed by atoms with Gasteiger partial charge in [-0.1, -0.05) is 23.7 Å². The predicted octanol–water partition coefficient (Wildman–Crippen LogP) is 5.47. The van der Waals surface area contributed by atoms with Gasteiger partial charge in [0.15, 0.2) is 16.7 Å². The van der Waals surface area contributed by atoms with Crippen LogP contribution in [0.15, 0.2) is 87.2 Å². The smallest absolute Gasteiger partial charge is 0.333 e. The molecule has 54 heavy (non-hydrogen) atoms. The van der Waals surface area contributed by atoms with Crippen LogP contribution in [0, 0.1) is 17.7 Å². The first-order chi connectivity index (χ1) is 25.9. The number of hydrogen-bond donors (Lipinski definition) is 3. The molecule has 5 heterocycles. The lowest BCUT2D eigenvalue weighted by atomic mass is 9.75. The number of fused-ring (bicyclic) bond motifs is 3. The van der Waals surface area contributed by atoms with Crippen molar-refractivity contribution >= 4 is 62.1 Å². The molecule has 0 radical (unpaired) electrons. The molecule has 2 bridgehead atoms. The lowest BCUT2D eigenvalue weighted by molar-refractivity contribution is 0.0449. The number of nitrogens with one attached hydrogen (secondary N) is 1. The molecular formula is C35H34ClF3N10O3S2. The Balaban J connectivity index is 1.11. The lowest BCUT2D eigenvalue weighted by Crippen LogP contribution is -2.54. The Morgan fingerprint density at radius 3 is 2.59 bits per heavy atom. The zero-order valence-electron chi connectivity index (χ0n) is 28.4. The third kappa shape index (κ3) is 6.74. The van der Waals surface area contributed by atoms with Crippen molar-refractivity contribution in [3.05, 3.63) is 99.2 Å². The summed E-state index contributed by atoms with van der Waals surface area (Å²) in [5.41, 5.74) is 0.329. The summed E-state index contributed by atoms with van der Waals surface area (Å²) in [5, 5.41) is 21.4. The number of thiazole rings is 1. The minimum atomic E-state index is -3.98. The first-order valence-electron chi connectivity index (χ1n) is 17.2. The fraction of sp³-hybridized carbons (Fsp3) is 0.371. The molecule has 3 fully saturated rings. The minimum absolute atomic E-state index is 0.0795. The highest BCUT2D eigenvalue weighted by Crippen LogP contribution is 2.51. The van der Waals surface area contributed by atoms with Crippen molar-refractivity contribution in [2.75, 3.05) is 6.54 Å². The summed E-state index contributed by atoms with van der Waals surface area (Å²) in [4.78, 5) is 19.8. The maximum absolute atomic E-state index is 14.4. The van der Waals surface area contributed by atoms with E-state index in [1.165, 1.54) is 35.8 Å². The quantitative estimate of drug-likeness (QED) is 0.108. The number of hydrogen-bond acceptors (Lipinski definition) is 12. The van der Waals surface area contributed by atoms with Crippen LogP contribution in [0.3, 0.4) is 0 Å². The average molecular weight is 799 g/mol. The van der Waals surface area contributed by atoms with Gasteiger partial charge in [0.2, 0.25) is 10.0 Å². The number of nitrogens with zero attached hydrogens (tertiary/aromatic N) is 8. The molecule has 2 aliphatic carbocycles. The van der Waals surface area contributed by atoms with Crippen molar-refractivity contribution in [1.82, 2.24) is 29.4 Å². The van der Waals surface area contributed by atoms with Gasteiger partial charge in [0.25, 0.3) is 0 Å². The third-order valence-electron chi connectivity index (χ3n) is 10.5. The number of amidine groups is 1. The zero-order valence-corrected chi connectivity index (χ0v) is 30.8. The van der Waals surface area contributed by atoms with Crippen LogP contribution in [0.1, 0.15) is 61.0 Å². The Hall–Kier alpha value is -4.49. The molecule has 2 aliphatic heterocycles. The number of aromatic nitrogens is 4. The van der Waals surface area contributed by atoms with E-state index in [2.05, 4.69) is 29.9 Å². The van der Waals surface area contributed by atoms with Crippen molar-refractivity contribution in [3.8, 4) is 0 Å². The molecule has 13 nitrogen and oxygen atoms in total. The minimum Gasteiger partial charge on any atom is -0.383 e. The molecule has 4 atom stereocenters. The topological polar surface area (TPSA) is 176 Å². The summed E-state index contributed by atoms with van der Waals surface area (Å²) in [7, 11) is -3.98. The number of rotatable bonds is 10. The van der Waals surface area contributed by atoms with Crippen LogP contribution in [0.25, 0.3) is 5.57 Å². The van der Waals surface area contributed by atoms with Crippen LogP contribution in [-0.4, -0.2) is 79.4 Å². The van der Waals surface area contributed by atoms with Crippen LogP contribution in [0.5, 0.6) is 0 Å². The molecule has 0 amide bonds. The number of pyridine rings is 1. The summed E-state index contributed by atoms with van der Waals surface area (Å²) in [5.74, 6) is 5.24. The van der Waals surface area contributed by atoms with Crippen LogP contribution in [0.2, 0.25) is 5.02 Å². The standard InChI is InChI=1S/C35H34ClF3N10O3S2/c36-24-13-21(37)6-7-23(24)30-29(25-8-11-49(46-25)34(38)39)26-14-22(18-48(26)32(44-30)33-42-10-12-53-33)47-54(51,52)31-19-4-5-20(31)16-35(50,15-19)27(45-40)17-43-28-3-1-2-9-41-28/h1-3,6-13,17,19-20,22,30-31,34,47,50H,4-5,14-16,18,40H2/t19?,20?,22?,30-,31?,35?/m0/s1. The Labute approximate surface area is 317 Å². The normalized spacial score (nSPS) is 27.3. The van der Waals surface area contributed by atoms with E-state index < -0.39 is 45.3 Å². The second-order valence-corrected chi connectivity index (χ2v) is 17.0. The molecule has 282 valence electrons. The van der Waals surface area contributed by atoms with Crippen LogP contribution in [0.4, 0.5) is 19.0 Å². The average Bonchev–Trinajstić information content (AvgIpc) is 3.95. The van der Waals surface area contributed by atoms with Gasteiger partial charge in [-0.3, -0.25) is 4.99 Å². The maximum atomic E-state index is 14.4. The first kappa shape index (κ1) is 36.5. The highest BCUT2D eigenvalue weighted by molar-refractivity contribution is 7.90. The highest BCUT2D eigenvalue weighted by atomic mass is 35.5. The fourth-order valence-corrected chi connectivity index (χ4v) is 11.6. The monoisotopic (exact) mass is 798 g/mol. The Morgan fingerprint density at radius 1 is 1.15 bits per heavy atom. The molecule has 2 saturated carbocycles. The molecule has 4 N–H and O–H groups in total. The third-order valence-corrected chi connectivity index (χ3v) is 13.8. The molecule has 19 heteroatoms. The van der Waals surface area contributed by atoms with Crippen LogP contribution >= 0.6 is 22.9 Å². The second kappa shape index (κ2) is 14.3. The summed E-state index contributed by atoms with van der Waals surface area (Å²) < 4.78 is 74.0. The van der Waals surface area contributed by atoms with Gasteiger partial charge >= 0.3 is 6.55 Å². The molecule has 8 rings (SSSR count). The lowest BCUT2D eigenvalue weighted by Gasteiger charge is -2.40. The van der Waals surface area contributed by atoms with E-state index in [0.717, 1.165) is 12.3 Å². The van der Waals surface area contributed by atoms with Crippen molar-refractivity contribution < 1.29 is 26.7 Å². The number of benzene rings is 1. The summed E-state index contributed by atoms with van der Waals surface area (Å²) >= 11 is 7.91. The van der Waals surface area contributed by atoms with E-state index in [4.69, 9.17) is 22.4 Å². The van der Waals surface area contributed by atoms with E-state index in [0.29, 0.717) is 51.0 Å². The second-order valence-electron chi connectivity index (χ2n) is 13.8. The fourth-order valence-electron chi connectivity index (χ4n) is 8.42. The van der Waals surface area contributed by atoms with Crippen LogP contribution < -0.4 is 10.6 Å². The van der Waals surface area contributed by atoms with Crippen molar-refractivity contribution in [3.63, 3.8) is 0 Å². The number of halogens is 4. The highest BCUT2D eigenvalue weighted by Gasteiger charge is 2.56. The SMILES string of the molecule is NN=C(C=Nc1ccccn1)C1(O)CC2CCC(C1)C2S(=O)(=O)NC1CC2=C(c3ccn(C(F)F)n3)[C@H](c3ccc(F)cc3Cl)N=C(c3nccs3)N2C1. The van der Waals surface area contributed by atoms with Gasteiger partial charge in [0, 0.05) is 64.8 Å². The van der Waals surface area contributed by atoms with E-state index in [1.807, 2.05) is 4.90 Å². The van der Waals surface area contributed by atoms with Crippen molar-refractivity contribution in [2.24, 2.45) is 32.8 Å². The van der Waals surface area contributed by atoms with Gasteiger partial charge in [-0.25, -0.2) is 37.2 Å². The molecule has 3 aromatic heterocycles. The number of nitrogens with two attached hydrogens (primary N) is 1. The summed E-state index contributed by atoms with van der Waals surface area (Å²) in [6, 6.07) is 9.01. The summed E-state index contributed by atoms with van der Waals surface area (Å²) in [6.45, 7) is -2.74. The Bertz CT molecular complexity index is 2270. The maximum Gasteiger partial charge on any atom is 0.333 e. The molecule has 1 saturated heterocycles. The van der Waals surface area contributed by atoms with Gasteiger partial charge in [-0.15, -0.1) is 11.3 Å². The molecule has 1 aromatic carbocycles. The molecular weight excluding hydrogens is 765 g/mol. The van der Waals surface area contributed by atoms with E-state index in [1.54, 1.807) is 36.0 Å². The number of sulfonamides is 1. The van der Waals surface area contributed by atoms with E-state index in [-0.39, 0.29) is 54.1 Å². The van der Waals surface area contributed by atoms with E-state index >= 15 is 0 Å². The molecule has 4 aromatic rings. The molecule has 4 aliphatic rings. The zero-order chi connectivity index (χ0) is 37.8. The van der Waals surface area contributed by atoms with Gasteiger partial charge in [-0.05, 0) is 67.9 Å². The number of aliphatic hydroxyl groups is 1. The van der Waals surface area contributed by atoms with Gasteiger partial charge in [0.05, 0.1) is 17.2 Å². The molecule has 3 unspecified atom stereocenters. The Kier molecular flexibility index (Phi) is 9.66. The van der Waals surface area contributed by atoms with Gasteiger partial charge in [0.1, 0.15) is 23.2 Å².